The number of rotatable bonds is 8. The Kier molecular flexibility index (Phi) is 6.66. The molecular weight excluding hydrogens is 302 g/mol. The number of aliphatic hydroxyl groups is 1. The maximum absolute atomic E-state index is 13.9. The Hall–Kier alpha value is -1.09. The summed E-state index contributed by atoms with van der Waals surface area (Å²) in [5, 5.41) is 8.90. The van der Waals surface area contributed by atoms with Crippen LogP contribution in [-0.2, 0) is 16.6 Å². The van der Waals surface area contributed by atoms with Crippen molar-refractivity contribution in [3.05, 3.63) is 29.3 Å². The molecule has 8 heteroatoms. The quantitative estimate of drug-likeness (QED) is 0.751. The van der Waals surface area contributed by atoms with E-state index in [9.17, 15) is 17.2 Å². The first-order valence-electron chi connectivity index (χ1n) is 6.67. The Balaban J connectivity index is 2.89. The van der Waals surface area contributed by atoms with Gasteiger partial charge in [0.15, 0.2) is 5.82 Å². The minimum absolute atomic E-state index is 0.120. The van der Waals surface area contributed by atoms with Crippen LogP contribution in [0.5, 0.6) is 0 Å². The Bertz CT molecular complexity index is 575. The van der Waals surface area contributed by atoms with Gasteiger partial charge in [-0.2, -0.15) is 0 Å². The highest BCUT2D eigenvalue weighted by Crippen LogP contribution is 2.20. The van der Waals surface area contributed by atoms with Crippen molar-refractivity contribution in [3.8, 4) is 0 Å². The van der Waals surface area contributed by atoms with Crippen molar-refractivity contribution in [2.45, 2.75) is 25.3 Å². The van der Waals surface area contributed by atoms with Gasteiger partial charge in [0, 0.05) is 13.1 Å². The molecule has 0 atom stereocenters. The molecule has 0 aliphatic rings. The van der Waals surface area contributed by atoms with E-state index in [2.05, 4.69) is 4.72 Å². The second kappa shape index (κ2) is 7.79. The molecule has 0 fully saturated rings. The predicted octanol–water partition coefficient (Wildman–Crippen LogP) is 1.08. The van der Waals surface area contributed by atoms with Gasteiger partial charge in [0.05, 0.1) is 12.2 Å². The molecule has 0 aliphatic carbocycles. The lowest BCUT2D eigenvalue weighted by Crippen LogP contribution is -2.35. The van der Waals surface area contributed by atoms with E-state index in [-0.39, 0.29) is 6.54 Å². The van der Waals surface area contributed by atoms with Gasteiger partial charge in [-0.15, -0.1) is 0 Å². The van der Waals surface area contributed by atoms with E-state index in [0.29, 0.717) is 6.54 Å². The third-order valence-corrected chi connectivity index (χ3v) is 4.69. The van der Waals surface area contributed by atoms with Gasteiger partial charge in [-0.3, -0.25) is 0 Å². The number of benzene rings is 1. The first kappa shape index (κ1) is 18.0. The number of hydrogen-bond donors (Lipinski definition) is 2. The van der Waals surface area contributed by atoms with E-state index < -0.39 is 38.7 Å². The molecule has 2 N–H and O–H groups in total. The van der Waals surface area contributed by atoms with E-state index in [1.807, 2.05) is 18.7 Å². The SMILES string of the molecule is CCN(CC)CCNS(=O)(=O)c1ccc(F)c(CO)c1F. The van der Waals surface area contributed by atoms with Gasteiger partial charge in [0.1, 0.15) is 10.7 Å². The summed E-state index contributed by atoms with van der Waals surface area (Å²) >= 11 is 0. The van der Waals surface area contributed by atoms with E-state index in [1.165, 1.54) is 0 Å². The van der Waals surface area contributed by atoms with Crippen LogP contribution in [0.25, 0.3) is 0 Å². The normalized spacial score (nSPS) is 12.1. The number of hydrogen-bond acceptors (Lipinski definition) is 4. The summed E-state index contributed by atoms with van der Waals surface area (Å²) in [5.41, 5.74) is -0.651. The molecule has 0 spiro atoms. The molecule has 0 aromatic heterocycles. The Morgan fingerprint density at radius 2 is 1.86 bits per heavy atom. The molecule has 21 heavy (non-hydrogen) atoms. The molecular formula is C13H20F2N2O3S. The van der Waals surface area contributed by atoms with Gasteiger partial charge < -0.3 is 10.0 Å². The summed E-state index contributed by atoms with van der Waals surface area (Å²) in [5.74, 6) is -2.23. The van der Waals surface area contributed by atoms with Crippen LogP contribution in [0.4, 0.5) is 8.78 Å². The summed E-state index contributed by atoms with van der Waals surface area (Å²) in [6, 6.07) is 1.68. The van der Waals surface area contributed by atoms with Crippen molar-refractivity contribution in [2.75, 3.05) is 26.2 Å². The molecule has 0 saturated heterocycles. The molecule has 120 valence electrons. The monoisotopic (exact) mass is 322 g/mol. The van der Waals surface area contributed by atoms with Gasteiger partial charge in [-0.25, -0.2) is 21.9 Å². The standard InChI is InChI=1S/C13H20F2N2O3S/c1-3-17(4-2)8-7-16-21(19,20)12-6-5-11(14)10(9-18)13(12)15/h5-6,16,18H,3-4,7-9H2,1-2H3. The third-order valence-electron chi connectivity index (χ3n) is 3.21. The summed E-state index contributed by atoms with van der Waals surface area (Å²) in [4.78, 5) is 1.34. The molecule has 5 nitrogen and oxygen atoms in total. The topological polar surface area (TPSA) is 69.6 Å². The van der Waals surface area contributed by atoms with Crippen LogP contribution in [0.3, 0.4) is 0 Å². The van der Waals surface area contributed by atoms with E-state index in [0.717, 1.165) is 25.2 Å². The second-order valence-electron chi connectivity index (χ2n) is 4.42. The first-order chi connectivity index (χ1) is 9.87. The second-order valence-corrected chi connectivity index (χ2v) is 6.16. The zero-order valence-corrected chi connectivity index (χ0v) is 12.9. The zero-order valence-electron chi connectivity index (χ0n) is 12.1. The van der Waals surface area contributed by atoms with Crippen molar-refractivity contribution < 1.29 is 22.3 Å². The highest BCUT2D eigenvalue weighted by atomic mass is 32.2. The predicted molar refractivity (Wildman–Crippen MR) is 75.3 cm³/mol. The highest BCUT2D eigenvalue weighted by molar-refractivity contribution is 7.89. The van der Waals surface area contributed by atoms with Gasteiger partial charge in [0.25, 0.3) is 0 Å². The molecule has 0 aliphatic heterocycles. The average Bonchev–Trinajstić information content (AvgIpc) is 2.43. The van der Waals surface area contributed by atoms with E-state index >= 15 is 0 Å². The Labute approximate surface area is 123 Å². The summed E-state index contributed by atoms with van der Waals surface area (Å²) in [7, 11) is -4.08. The number of aliphatic hydroxyl groups excluding tert-OH is 1. The first-order valence-corrected chi connectivity index (χ1v) is 8.15. The Morgan fingerprint density at radius 1 is 1.24 bits per heavy atom. The van der Waals surface area contributed by atoms with Crippen LogP contribution in [0, 0.1) is 11.6 Å². The number of sulfonamides is 1. The summed E-state index contributed by atoms with van der Waals surface area (Å²) in [6.07, 6.45) is 0. The lowest BCUT2D eigenvalue weighted by molar-refractivity contribution is 0.267. The average molecular weight is 322 g/mol. The van der Waals surface area contributed by atoms with Crippen molar-refractivity contribution >= 4 is 10.0 Å². The molecule has 0 unspecified atom stereocenters. The van der Waals surface area contributed by atoms with Crippen LogP contribution < -0.4 is 4.72 Å². The summed E-state index contributed by atoms with van der Waals surface area (Å²) in [6.45, 7) is 5.16. The summed E-state index contributed by atoms with van der Waals surface area (Å²) < 4.78 is 53.5. The number of nitrogens with zero attached hydrogens (tertiary/aromatic N) is 1. The molecule has 0 bridgehead atoms. The lowest BCUT2D eigenvalue weighted by Gasteiger charge is -2.18. The van der Waals surface area contributed by atoms with Crippen LogP contribution in [0.15, 0.2) is 17.0 Å². The third kappa shape index (κ3) is 4.44. The maximum Gasteiger partial charge on any atom is 0.243 e. The van der Waals surface area contributed by atoms with Gasteiger partial charge in [-0.05, 0) is 25.2 Å². The van der Waals surface area contributed by atoms with E-state index in [4.69, 9.17) is 5.11 Å². The number of halogens is 2. The molecule has 0 radical (unpaired) electrons. The number of nitrogens with one attached hydrogen (secondary N) is 1. The van der Waals surface area contributed by atoms with Gasteiger partial charge in [-0.1, -0.05) is 13.8 Å². The van der Waals surface area contributed by atoms with Crippen LogP contribution in [-0.4, -0.2) is 44.6 Å². The maximum atomic E-state index is 13.9. The minimum Gasteiger partial charge on any atom is -0.391 e. The fraction of sp³-hybridized carbons (Fsp3) is 0.538. The largest absolute Gasteiger partial charge is 0.391 e. The van der Waals surface area contributed by atoms with Crippen molar-refractivity contribution in [3.63, 3.8) is 0 Å². The van der Waals surface area contributed by atoms with Crippen molar-refractivity contribution in [1.82, 2.24) is 9.62 Å². The minimum atomic E-state index is -4.08. The molecule has 1 aromatic carbocycles. The Morgan fingerprint density at radius 3 is 2.38 bits per heavy atom. The zero-order chi connectivity index (χ0) is 16.0. The lowest BCUT2D eigenvalue weighted by atomic mass is 10.2. The fourth-order valence-corrected chi connectivity index (χ4v) is 3.01. The van der Waals surface area contributed by atoms with Crippen LogP contribution in [0.2, 0.25) is 0 Å². The molecule has 0 heterocycles. The highest BCUT2D eigenvalue weighted by Gasteiger charge is 2.23. The molecule has 0 saturated carbocycles. The number of likely N-dealkylation sites (N-methyl/N-ethyl adjacent to an activating group) is 1. The van der Waals surface area contributed by atoms with Crippen molar-refractivity contribution in [2.24, 2.45) is 0 Å². The molecule has 0 amide bonds. The van der Waals surface area contributed by atoms with Crippen LogP contribution >= 0.6 is 0 Å². The van der Waals surface area contributed by atoms with Crippen LogP contribution in [0.1, 0.15) is 19.4 Å². The molecule has 1 aromatic rings. The van der Waals surface area contributed by atoms with Gasteiger partial charge >= 0.3 is 0 Å². The van der Waals surface area contributed by atoms with E-state index in [1.54, 1.807) is 0 Å². The smallest absolute Gasteiger partial charge is 0.243 e. The fourth-order valence-electron chi connectivity index (χ4n) is 1.88. The van der Waals surface area contributed by atoms with Crippen molar-refractivity contribution in [1.29, 1.82) is 0 Å². The molecule has 1 rings (SSSR count). The van der Waals surface area contributed by atoms with Gasteiger partial charge in [0.2, 0.25) is 10.0 Å².